The van der Waals surface area contributed by atoms with Crippen LogP contribution in [0.4, 0.5) is 4.79 Å². The van der Waals surface area contributed by atoms with Crippen LogP contribution in [0.2, 0.25) is 5.02 Å². The molecule has 0 aliphatic carbocycles. The number of amides is 1. The highest BCUT2D eigenvalue weighted by Crippen LogP contribution is 2.27. The molecule has 1 aromatic heterocycles. The van der Waals surface area contributed by atoms with Crippen LogP contribution in [-0.2, 0) is 4.74 Å². The second-order valence-corrected chi connectivity index (χ2v) is 6.59. The number of piperazine rings is 1. The third-order valence-corrected chi connectivity index (χ3v) is 3.59. The number of hydrogen-bond acceptors (Lipinski definition) is 5. The third kappa shape index (κ3) is 4.24. The van der Waals surface area contributed by atoms with Gasteiger partial charge in [-0.1, -0.05) is 11.6 Å². The molecule has 1 N–H and O–H groups in total. The molecule has 6 nitrogen and oxygen atoms in total. The van der Waals surface area contributed by atoms with E-state index < -0.39 is 5.60 Å². The molecule has 0 bridgehead atoms. The molecule has 0 saturated carbocycles. The highest BCUT2D eigenvalue weighted by atomic mass is 35.5. The molecule has 122 valence electrons. The Morgan fingerprint density at radius 3 is 2.86 bits per heavy atom. The quantitative estimate of drug-likeness (QED) is 0.904. The molecule has 2 heterocycles. The molecule has 0 aromatic carbocycles. The zero-order valence-corrected chi connectivity index (χ0v) is 14.1. The number of hydrogen-bond donors (Lipinski definition) is 1. The number of ether oxygens (including phenoxy) is 2. The Bertz CT molecular complexity index is 545. The predicted octanol–water partition coefficient (Wildman–Crippen LogP) is 2.62. The van der Waals surface area contributed by atoms with Gasteiger partial charge in [-0.15, -0.1) is 0 Å². The highest BCUT2D eigenvalue weighted by Gasteiger charge is 2.29. The van der Waals surface area contributed by atoms with E-state index in [1.807, 2.05) is 20.8 Å². The number of pyridine rings is 1. The fraction of sp³-hybridized carbons (Fsp3) is 0.600. The summed E-state index contributed by atoms with van der Waals surface area (Å²) in [5, 5.41) is 3.90. The molecule has 1 saturated heterocycles. The van der Waals surface area contributed by atoms with Gasteiger partial charge in [-0.25, -0.2) is 9.78 Å². The zero-order chi connectivity index (χ0) is 16.3. The molecular weight excluding hydrogens is 306 g/mol. The largest absolute Gasteiger partial charge is 0.481 e. The summed E-state index contributed by atoms with van der Waals surface area (Å²) in [5.74, 6) is 0.496. The van der Waals surface area contributed by atoms with Crippen LogP contribution in [0.5, 0.6) is 5.88 Å². The van der Waals surface area contributed by atoms with Crippen LogP contribution in [0.1, 0.15) is 32.4 Å². The number of methoxy groups -OCH3 is 1. The lowest BCUT2D eigenvalue weighted by Crippen LogP contribution is -2.49. The molecule has 1 amide bonds. The lowest BCUT2D eigenvalue weighted by Gasteiger charge is -2.35. The van der Waals surface area contributed by atoms with Crippen LogP contribution >= 0.6 is 11.6 Å². The molecule has 0 radical (unpaired) electrons. The normalized spacial score (nSPS) is 19.0. The van der Waals surface area contributed by atoms with Crippen molar-refractivity contribution in [1.82, 2.24) is 15.2 Å². The number of nitrogens with one attached hydrogen (secondary N) is 1. The van der Waals surface area contributed by atoms with Gasteiger partial charge in [-0.3, -0.25) is 0 Å². The lowest BCUT2D eigenvalue weighted by atomic mass is 10.1. The van der Waals surface area contributed by atoms with Crippen LogP contribution < -0.4 is 10.1 Å². The molecule has 1 aliphatic heterocycles. The number of carbonyl (C=O) groups excluding carboxylic acids is 1. The van der Waals surface area contributed by atoms with E-state index >= 15 is 0 Å². The maximum atomic E-state index is 12.2. The summed E-state index contributed by atoms with van der Waals surface area (Å²) in [5.41, 5.74) is 0.358. The molecule has 1 fully saturated rings. The van der Waals surface area contributed by atoms with Crippen molar-refractivity contribution in [3.8, 4) is 5.88 Å². The second kappa shape index (κ2) is 6.71. The second-order valence-electron chi connectivity index (χ2n) is 6.18. The molecule has 1 atom stereocenters. The van der Waals surface area contributed by atoms with E-state index in [1.165, 1.54) is 0 Å². The smallest absolute Gasteiger partial charge is 0.410 e. The van der Waals surface area contributed by atoms with Gasteiger partial charge in [0.05, 0.1) is 18.2 Å². The van der Waals surface area contributed by atoms with Gasteiger partial charge < -0.3 is 19.7 Å². The summed E-state index contributed by atoms with van der Waals surface area (Å²) in [6.45, 7) is 7.33. The van der Waals surface area contributed by atoms with Gasteiger partial charge in [0.15, 0.2) is 0 Å². The fourth-order valence-corrected chi connectivity index (χ4v) is 2.50. The van der Waals surface area contributed by atoms with E-state index in [0.717, 1.165) is 5.56 Å². The first kappa shape index (κ1) is 16.8. The minimum Gasteiger partial charge on any atom is -0.481 e. The highest BCUT2D eigenvalue weighted by molar-refractivity contribution is 6.31. The van der Waals surface area contributed by atoms with E-state index in [4.69, 9.17) is 21.1 Å². The molecular formula is C15H22ClN3O3. The van der Waals surface area contributed by atoms with Gasteiger partial charge in [0, 0.05) is 31.9 Å². The van der Waals surface area contributed by atoms with Gasteiger partial charge >= 0.3 is 6.09 Å². The molecule has 22 heavy (non-hydrogen) atoms. The maximum absolute atomic E-state index is 12.2. The summed E-state index contributed by atoms with van der Waals surface area (Å²) in [7, 11) is 1.56. The van der Waals surface area contributed by atoms with Crippen LogP contribution in [-0.4, -0.2) is 48.3 Å². The number of carbonyl (C=O) groups is 1. The van der Waals surface area contributed by atoms with Crippen molar-refractivity contribution in [1.29, 1.82) is 0 Å². The van der Waals surface area contributed by atoms with Crippen molar-refractivity contribution >= 4 is 17.7 Å². The van der Waals surface area contributed by atoms with E-state index in [-0.39, 0.29) is 12.1 Å². The molecule has 2 rings (SSSR count). The summed E-state index contributed by atoms with van der Waals surface area (Å²) in [4.78, 5) is 18.0. The predicted molar refractivity (Wildman–Crippen MR) is 84.3 cm³/mol. The monoisotopic (exact) mass is 327 g/mol. The van der Waals surface area contributed by atoms with Crippen LogP contribution in [0.25, 0.3) is 0 Å². The standard InChI is InChI=1S/C15H22ClN3O3/c1-15(2,3)22-14(20)19-6-5-17-12(9-19)10-7-13(21-4)18-8-11(10)16/h7-8,12,17H,5-6,9H2,1-4H3. The third-order valence-electron chi connectivity index (χ3n) is 3.27. The SMILES string of the molecule is COc1cc(C2CN(C(=O)OC(C)(C)C)CCN2)c(Cl)cn1. The average molecular weight is 328 g/mol. The Balaban J connectivity index is 2.12. The minimum atomic E-state index is -0.505. The Labute approximate surface area is 135 Å². The van der Waals surface area contributed by atoms with Gasteiger partial charge in [0.25, 0.3) is 0 Å². The van der Waals surface area contributed by atoms with Crippen molar-refractivity contribution in [2.24, 2.45) is 0 Å². The van der Waals surface area contributed by atoms with Crippen LogP contribution in [0, 0.1) is 0 Å². The lowest BCUT2D eigenvalue weighted by molar-refractivity contribution is 0.0195. The number of nitrogens with zero attached hydrogens (tertiary/aromatic N) is 2. The summed E-state index contributed by atoms with van der Waals surface area (Å²) in [6, 6.07) is 1.71. The van der Waals surface area contributed by atoms with Gasteiger partial charge in [-0.2, -0.15) is 0 Å². The van der Waals surface area contributed by atoms with Crippen molar-refractivity contribution in [3.63, 3.8) is 0 Å². The van der Waals surface area contributed by atoms with Gasteiger partial charge in [0.1, 0.15) is 5.60 Å². The Morgan fingerprint density at radius 2 is 2.23 bits per heavy atom. The number of halogens is 1. The first-order chi connectivity index (χ1) is 10.3. The van der Waals surface area contributed by atoms with Crippen LogP contribution in [0.3, 0.4) is 0 Å². The van der Waals surface area contributed by atoms with Crippen molar-refractivity contribution in [2.75, 3.05) is 26.7 Å². The van der Waals surface area contributed by atoms with E-state index in [0.29, 0.717) is 30.5 Å². The van der Waals surface area contributed by atoms with Crippen molar-refractivity contribution in [3.05, 3.63) is 22.8 Å². The van der Waals surface area contributed by atoms with Crippen molar-refractivity contribution < 1.29 is 14.3 Å². The maximum Gasteiger partial charge on any atom is 0.410 e. The first-order valence-corrected chi connectivity index (χ1v) is 7.58. The molecule has 1 aromatic rings. The summed E-state index contributed by atoms with van der Waals surface area (Å²) >= 11 is 6.23. The zero-order valence-electron chi connectivity index (χ0n) is 13.4. The fourth-order valence-electron chi connectivity index (χ4n) is 2.26. The Morgan fingerprint density at radius 1 is 1.50 bits per heavy atom. The van der Waals surface area contributed by atoms with Crippen LogP contribution in [0.15, 0.2) is 12.3 Å². The average Bonchev–Trinajstić information content (AvgIpc) is 2.46. The minimum absolute atomic E-state index is 0.0781. The van der Waals surface area contributed by atoms with E-state index in [1.54, 1.807) is 24.3 Å². The molecule has 7 heteroatoms. The Kier molecular flexibility index (Phi) is 5.13. The summed E-state index contributed by atoms with van der Waals surface area (Å²) < 4.78 is 10.6. The van der Waals surface area contributed by atoms with E-state index in [9.17, 15) is 4.79 Å². The topological polar surface area (TPSA) is 63.7 Å². The van der Waals surface area contributed by atoms with Gasteiger partial charge in [-0.05, 0) is 26.3 Å². The van der Waals surface area contributed by atoms with Gasteiger partial charge in [0.2, 0.25) is 5.88 Å². The first-order valence-electron chi connectivity index (χ1n) is 7.21. The molecule has 1 unspecified atom stereocenters. The number of aromatic nitrogens is 1. The summed E-state index contributed by atoms with van der Waals surface area (Å²) in [6.07, 6.45) is 1.25. The van der Waals surface area contributed by atoms with Crippen molar-refractivity contribution in [2.45, 2.75) is 32.4 Å². The molecule has 0 spiro atoms. The van der Waals surface area contributed by atoms with E-state index in [2.05, 4.69) is 10.3 Å². The number of rotatable bonds is 2. The molecule has 1 aliphatic rings. The Hall–Kier alpha value is -1.53.